The molecule has 110 valence electrons. The fraction of sp³-hybridized carbons (Fsp3) is 0.389. The lowest BCUT2D eigenvalue weighted by Gasteiger charge is -2.26. The van der Waals surface area contributed by atoms with Crippen molar-refractivity contribution in [1.82, 2.24) is 4.90 Å². The van der Waals surface area contributed by atoms with Crippen LogP contribution in [0.3, 0.4) is 0 Å². The van der Waals surface area contributed by atoms with Crippen LogP contribution in [-0.4, -0.2) is 23.9 Å². The van der Waals surface area contributed by atoms with Crippen LogP contribution in [-0.2, 0) is 17.8 Å². The Labute approximate surface area is 125 Å². The maximum atomic E-state index is 11.2. The molecule has 1 fully saturated rings. The topological polar surface area (TPSA) is 46.3 Å². The Morgan fingerprint density at radius 1 is 1.10 bits per heavy atom. The highest BCUT2D eigenvalue weighted by molar-refractivity contribution is 5.90. The van der Waals surface area contributed by atoms with Crippen LogP contribution in [0.4, 0.5) is 0 Å². The van der Waals surface area contributed by atoms with E-state index in [1.807, 2.05) is 12.1 Å². The molecule has 0 radical (unpaired) electrons. The second kappa shape index (κ2) is 6.27. The molecule has 1 heterocycles. The predicted molar refractivity (Wildman–Crippen MR) is 86.0 cm³/mol. The van der Waals surface area contributed by atoms with Crippen LogP contribution < -0.4 is 5.73 Å². The molecule has 21 heavy (non-hydrogen) atoms. The summed E-state index contributed by atoms with van der Waals surface area (Å²) in [6.45, 7) is 3.44. The second-order valence-corrected chi connectivity index (χ2v) is 5.95. The van der Waals surface area contributed by atoms with E-state index in [0.29, 0.717) is 6.42 Å². The average Bonchev–Trinajstić information content (AvgIpc) is 2.48. The molecule has 0 saturated carbocycles. The Morgan fingerprint density at radius 3 is 2.67 bits per heavy atom. The summed E-state index contributed by atoms with van der Waals surface area (Å²) in [4.78, 5) is 13.7. The number of carbonyl (C=O) groups excluding carboxylic acids is 1. The number of likely N-dealkylation sites (tertiary alicyclic amines) is 1. The summed E-state index contributed by atoms with van der Waals surface area (Å²) in [6.07, 6.45) is 4.31. The molecule has 1 saturated heterocycles. The van der Waals surface area contributed by atoms with Crippen LogP contribution >= 0.6 is 0 Å². The van der Waals surface area contributed by atoms with Crippen molar-refractivity contribution in [1.29, 1.82) is 0 Å². The van der Waals surface area contributed by atoms with E-state index in [1.165, 1.54) is 43.3 Å². The van der Waals surface area contributed by atoms with Crippen LogP contribution in [0, 0.1) is 0 Å². The zero-order chi connectivity index (χ0) is 14.7. The molecular formula is C18H22N2O. The van der Waals surface area contributed by atoms with Gasteiger partial charge in [-0.2, -0.15) is 0 Å². The Kier molecular flexibility index (Phi) is 4.20. The first-order valence-corrected chi connectivity index (χ1v) is 7.73. The smallest absolute Gasteiger partial charge is 0.221 e. The summed E-state index contributed by atoms with van der Waals surface area (Å²) >= 11 is 0. The highest BCUT2D eigenvalue weighted by atomic mass is 16.1. The Bertz CT molecular complexity index is 645. The maximum Gasteiger partial charge on any atom is 0.221 e. The fourth-order valence-electron chi connectivity index (χ4n) is 3.22. The number of nitrogens with zero attached hydrogens (tertiary/aromatic N) is 1. The van der Waals surface area contributed by atoms with Crippen molar-refractivity contribution in [3.63, 3.8) is 0 Å². The summed E-state index contributed by atoms with van der Waals surface area (Å²) in [5, 5.41) is 2.34. The number of hydrogen-bond donors (Lipinski definition) is 1. The number of carbonyl (C=O) groups is 1. The number of benzene rings is 2. The van der Waals surface area contributed by atoms with E-state index in [2.05, 4.69) is 29.2 Å². The SMILES string of the molecule is NC(=O)Cc1cccc2cc(CN3CCCCC3)ccc12. The van der Waals surface area contributed by atoms with Gasteiger partial charge < -0.3 is 5.73 Å². The van der Waals surface area contributed by atoms with Gasteiger partial charge >= 0.3 is 0 Å². The van der Waals surface area contributed by atoms with Gasteiger partial charge in [0.1, 0.15) is 0 Å². The zero-order valence-electron chi connectivity index (χ0n) is 12.3. The third-order valence-corrected chi connectivity index (χ3v) is 4.25. The van der Waals surface area contributed by atoms with E-state index in [-0.39, 0.29) is 5.91 Å². The Morgan fingerprint density at radius 2 is 1.90 bits per heavy atom. The van der Waals surface area contributed by atoms with Gasteiger partial charge in [-0.3, -0.25) is 9.69 Å². The molecule has 0 aliphatic carbocycles. The molecule has 3 nitrogen and oxygen atoms in total. The molecule has 0 aromatic heterocycles. The van der Waals surface area contributed by atoms with E-state index >= 15 is 0 Å². The monoisotopic (exact) mass is 282 g/mol. The third kappa shape index (κ3) is 3.42. The van der Waals surface area contributed by atoms with E-state index in [9.17, 15) is 4.79 Å². The largest absolute Gasteiger partial charge is 0.369 e. The number of piperidine rings is 1. The number of nitrogens with two attached hydrogens (primary N) is 1. The minimum Gasteiger partial charge on any atom is -0.369 e. The van der Waals surface area contributed by atoms with Crippen molar-refractivity contribution in [2.75, 3.05) is 13.1 Å². The van der Waals surface area contributed by atoms with Gasteiger partial charge in [0.25, 0.3) is 0 Å². The van der Waals surface area contributed by atoms with Crippen LogP contribution in [0.5, 0.6) is 0 Å². The van der Waals surface area contributed by atoms with Crippen molar-refractivity contribution in [2.45, 2.75) is 32.2 Å². The second-order valence-electron chi connectivity index (χ2n) is 5.95. The van der Waals surface area contributed by atoms with Crippen molar-refractivity contribution < 1.29 is 4.79 Å². The van der Waals surface area contributed by atoms with Crippen LogP contribution in [0.25, 0.3) is 10.8 Å². The first kappa shape index (κ1) is 14.1. The normalized spacial score (nSPS) is 16.2. The quantitative estimate of drug-likeness (QED) is 0.937. The number of hydrogen-bond acceptors (Lipinski definition) is 2. The van der Waals surface area contributed by atoms with Crippen molar-refractivity contribution in [3.8, 4) is 0 Å². The Balaban J connectivity index is 1.84. The lowest BCUT2D eigenvalue weighted by molar-refractivity contribution is -0.117. The van der Waals surface area contributed by atoms with Crippen LogP contribution in [0.1, 0.15) is 30.4 Å². The first-order chi connectivity index (χ1) is 10.2. The van der Waals surface area contributed by atoms with Gasteiger partial charge in [0, 0.05) is 6.54 Å². The van der Waals surface area contributed by atoms with Gasteiger partial charge in [-0.25, -0.2) is 0 Å². The molecule has 3 rings (SSSR count). The van der Waals surface area contributed by atoms with Gasteiger partial charge in [0.05, 0.1) is 6.42 Å². The maximum absolute atomic E-state index is 11.2. The molecule has 1 aliphatic rings. The molecule has 0 spiro atoms. The summed E-state index contributed by atoms with van der Waals surface area (Å²) in [5.41, 5.74) is 7.69. The van der Waals surface area contributed by atoms with Gasteiger partial charge in [0.2, 0.25) is 5.91 Å². The minimum absolute atomic E-state index is 0.278. The van der Waals surface area contributed by atoms with Crippen molar-refractivity contribution >= 4 is 16.7 Å². The summed E-state index contributed by atoms with van der Waals surface area (Å²) in [6, 6.07) is 12.7. The summed E-state index contributed by atoms with van der Waals surface area (Å²) in [7, 11) is 0. The summed E-state index contributed by atoms with van der Waals surface area (Å²) in [5.74, 6) is -0.278. The molecule has 2 N–H and O–H groups in total. The van der Waals surface area contributed by atoms with Gasteiger partial charge in [-0.15, -0.1) is 0 Å². The minimum atomic E-state index is -0.278. The van der Waals surface area contributed by atoms with E-state index in [0.717, 1.165) is 17.5 Å². The van der Waals surface area contributed by atoms with E-state index in [4.69, 9.17) is 5.73 Å². The fourth-order valence-corrected chi connectivity index (χ4v) is 3.22. The number of amides is 1. The molecule has 0 atom stereocenters. The Hall–Kier alpha value is -1.87. The van der Waals surface area contributed by atoms with E-state index < -0.39 is 0 Å². The third-order valence-electron chi connectivity index (χ3n) is 4.25. The lowest BCUT2D eigenvalue weighted by Crippen LogP contribution is -2.29. The molecule has 3 heteroatoms. The highest BCUT2D eigenvalue weighted by Gasteiger charge is 2.11. The van der Waals surface area contributed by atoms with E-state index in [1.54, 1.807) is 0 Å². The molecule has 0 bridgehead atoms. The zero-order valence-corrected chi connectivity index (χ0v) is 12.3. The predicted octanol–water partition coefficient (Wildman–Crippen LogP) is 2.85. The van der Waals surface area contributed by atoms with Crippen molar-refractivity contribution in [2.24, 2.45) is 5.73 Å². The van der Waals surface area contributed by atoms with Gasteiger partial charge in [0.15, 0.2) is 0 Å². The van der Waals surface area contributed by atoms with Gasteiger partial charge in [-0.1, -0.05) is 36.8 Å². The van der Waals surface area contributed by atoms with Crippen LogP contribution in [0.15, 0.2) is 36.4 Å². The standard InChI is InChI=1S/C18H22N2O/c19-18(21)12-16-6-4-5-15-11-14(7-8-17(15)16)13-20-9-2-1-3-10-20/h4-8,11H,1-3,9-10,12-13H2,(H2,19,21). The average molecular weight is 282 g/mol. The highest BCUT2D eigenvalue weighted by Crippen LogP contribution is 2.22. The van der Waals surface area contributed by atoms with Gasteiger partial charge in [-0.05, 0) is 53.9 Å². The molecule has 0 unspecified atom stereocenters. The molecule has 1 aliphatic heterocycles. The first-order valence-electron chi connectivity index (χ1n) is 7.73. The van der Waals surface area contributed by atoms with Crippen LogP contribution in [0.2, 0.25) is 0 Å². The summed E-state index contributed by atoms with van der Waals surface area (Å²) < 4.78 is 0. The lowest BCUT2D eigenvalue weighted by atomic mass is 9.99. The molecule has 1 amide bonds. The number of primary amides is 1. The molecule has 2 aromatic carbocycles. The van der Waals surface area contributed by atoms with Crippen molar-refractivity contribution in [3.05, 3.63) is 47.5 Å². The molecular weight excluding hydrogens is 260 g/mol. The number of rotatable bonds is 4. The number of fused-ring (bicyclic) bond motifs is 1. The molecule has 2 aromatic rings.